The Balaban J connectivity index is 2.07. The van der Waals surface area contributed by atoms with Crippen molar-refractivity contribution in [3.8, 4) is 0 Å². The number of hydrogen-bond donors (Lipinski definition) is 1. The van der Waals surface area contributed by atoms with Gasteiger partial charge in [0, 0.05) is 12.4 Å². The Kier molecular flexibility index (Phi) is 4.66. The number of aromatic nitrogens is 3. The minimum absolute atomic E-state index is 0.195. The van der Waals surface area contributed by atoms with E-state index in [1.54, 1.807) is 12.3 Å². The minimum Gasteiger partial charge on any atom is -0.305 e. The van der Waals surface area contributed by atoms with Crippen molar-refractivity contribution in [1.29, 1.82) is 0 Å². The van der Waals surface area contributed by atoms with Crippen molar-refractivity contribution >= 4 is 33.3 Å². The van der Waals surface area contributed by atoms with Crippen molar-refractivity contribution in [1.82, 2.24) is 14.4 Å². The Morgan fingerprint density at radius 2 is 2.08 bits per heavy atom. The second kappa shape index (κ2) is 6.73. The normalized spacial score (nSPS) is 11.0. The number of amides is 1. The van der Waals surface area contributed by atoms with Gasteiger partial charge in [-0.05, 0) is 59.5 Å². The minimum atomic E-state index is -0.195. The van der Waals surface area contributed by atoms with E-state index in [9.17, 15) is 4.79 Å². The van der Waals surface area contributed by atoms with Crippen LogP contribution in [0.4, 0.5) is 5.82 Å². The molecule has 1 N–H and O–H groups in total. The first kappa shape index (κ1) is 16.6. The summed E-state index contributed by atoms with van der Waals surface area (Å²) in [6.45, 7) is 6.03. The molecule has 0 saturated carbocycles. The number of imidazole rings is 1. The van der Waals surface area contributed by atoms with Gasteiger partial charge in [-0.2, -0.15) is 0 Å². The van der Waals surface area contributed by atoms with Gasteiger partial charge in [-0.25, -0.2) is 9.97 Å². The smallest absolute Gasteiger partial charge is 0.275 e. The zero-order valence-electron chi connectivity index (χ0n) is 13.9. The lowest BCUT2D eigenvalue weighted by Crippen LogP contribution is -2.17. The third-order valence-corrected chi connectivity index (χ3v) is 4.32. The highest BCUT2D eigenvalue weighted by atomic mass is 79.9. The average Bonchev–Trinajstić information content (AvgIpc) is 2.88. The molecule has 0 unspecified atom stereocenters. The van der Waals surface area contributed by atoms with E-state index < -0.39 is 0 Å². The van der Waals surface area contributed by atoms with Crippen LogP contribution in [0.15, 0.2) is 35.1 Å². The summed E-state index contributed by atoms with van der Waals surface area (Å²) in [7, 11) is 0. The summed E-state index contributed by atoms with van der Waals surface area (Å²) >= 11 is 3.54. The molecule has 3 heterocycles. The molecule has 0 radical (unpaired) electrons. The van der Waals surface area contributed by atoms with Crippen molar-refractivity contribution in [3.05, 3.63) is 57.6 Å². The van der Waals surface area contributed by atoms with E-state index in [-0.39, 0.29) is 5.91 Å². The van der Waals surface area contributed by atoms with Gasteiger partial charge in [-0.15, -0.1) is 0 Å². The highest BCUT2D eigenvalue weighted by Gasteiger charge is 2.20. The average molecular weight is 387 g/mol. The van der Waals surface area contributed by atoms with E-state index in [1.807, 2.05) is 36.6 Å². The Labute approximate surface area is 149 Å². The molecule has 5 nitrogen and oxygen atoms in total. The Bertz CT molecular complexity index is 900. The molecule has 0 spiro atoms. The molecule has 3 aromatic heterocycles. The summed E-state index contributed by atoms with van der Waals surface area (Å²) in [4.78, 5) is 21.8. The van der Waals surface area contributed by atoms with Crippen molar-refractivity contribution < 1.29 is 4.79 Å². The molecular weight excluding hydrogens is 368 g/mol. The standard InChI is InChI=1S/C18H19BrN4O/c1-4-5-14-16(18(24)22-15-7-6-11(2)9-20-15)23-10-12(3)8-13(19)17(23)21-14/h6-10H,4-5H2,1-3H3,(H,20,22,24). The van der Waals surface area contributed by atoms with E-state index in [1.165, 1.54) is 0 Å². The van der Waals surface area contributed by atoms with Gasteiger partial charge in [0.15, 0.2) is 5.65 Å². The van der Waals surface area contributed by atoms with Crippen molar-refractivity contribution in [2.45, 2.75) is 33.6 Å². The molecule has 124 valence electrons. The number of carbonyl (C=O) groups is 1. The molecule has 0 fully saturated rings. The molecule has 0 bridgehead atoms. The number of hydrogen-bond acceptors (Lipinski definition) is 3. The number of nitrogens with one attached hydrogen (secondary N) is 1. The maximum Gasteiger partial charge on any atom is 0.275 e. The van der Waals surface area contributed by atoms with Gasteiger partial charge in [0.1, 0.15) is 11.5 Å². The molecule has 24 heavy (non-hydrogen) atoms. The second-order valence-electron chi connectivity index (χ2n) is 5.89. The third kappa shape index (κ3) is 3.19. The summed E-state index contributed by atoms with van der Waals surface area (Å²) in [5.41, 5.74) is 4.23. The number of fused-ring (bicyclic) bond motifs is 1. The molecule has 0 aliphatic carbocycles. The van der Waals surface area contributed by atoms with E-state index in [0.29, 0.717) is 11.5 Å². The highest BCUT2D eigenvalue weighted by Crippen LogP contribution is 2.24. The lowest BCUT2D eigenvalue weighted by Gasteiger charge is -2.07. The van der Waals surface area contributed by atoms with Crippen LogP contribution in [0.1, 0.15) is 40.7 Å². The predicted molar refractivity (Wildman–Crippen MR) is 98.6 cm³/mol. The third-order valence-electron chi connectivity index (χ3n) is 3.74. The van der Waals surface area contributed by atoms with Crippen LogP contribution in [0.2, 0.25) is 0 Å². The number of anilines is 1. The molecule has 3 rings (SSSR count). The van der Waals surface area contributed by atoms with Gasteiger partial charge in [-0.3, -0.25) is 9.20 Å². The maximum absolute atomic E-state index is 12.9. The molecule has 3 aromatic rings. The Morgan fingerprint density at radius 3 is 2.75 bits per heavy atom. The van der Waals surface area contributed by atoms with Crippen LogP contribution in [0.25, 0.3) is 5.65 Å². The van der Waals surface area contributed by atoms with Gasteiger partial charge in [-0.1, -0.05) is 19.4 Å². The molecule has 6 heteroatoms. The van der Waals surface area contributed by atoms with Gasteiger partial charge >= 0.3 is 0 Å². The number of halogens is 1. The highest BCUT2D eigenvalue weighted by molar-refractivity contribution is 9.10. The number of aryl methyl sites for hydroxylation is 3. The zero-order valence-corrected chi connectivity index (χ0v) is 15.5. The lowest BCUT2D eigenvalue weighted by atomic mass is 10.2. The molecule has 0 aromatic carbocycles. The molecular formula is C18H19BrN4O. The maximum atomic E-state index is 12.9. The van der Waals surface area contributed by atoms with Crippen LogP contribution in [0, 0.1) is 13.8 Å². The fraction of sp³-hybridized carbons (Fsp3) is 0.278. The van der Waals surface area contributed by atoms with Crippen LogP contribution in [0.5, 0.6) is 0 Å². The Morgan fingerprint density at radius 1 is 1.29 bits per heavy atom. The van der Waals surface area contributed by atoms with E-state index in [2.05, 4.69) is 38.1 Å². The van der Waals surface area contributed by atoms with Crippen LogP contribution < -0.4 is 5.32 Å². The summed E-state index contributed by atoms with van der Waals surface area (Å²) in [6, 6.07) is 5.73. The van der Waals surface area contributed by atoms with E-state index in [4.69, 9.17) is 0 Å². The summed E-state index contributed by atoms with van der Waals surface area (Å²) < 4.78 is 2.74. The molecule has 0 aliphatic rings. The van der Waals surface area contributed by atoms with Crippen LogP contribution >= 0.6 is 15.9 Å². The van der Waals surface area contributed by atoms with Crippen molar-refractivity contribution in [2.24, 2.45) is 0 Å². The molecule has 1 amide bonds. The fourth-order valence-electron chi connectivity index (χ4n) is 2.65. The Hall–Kier alpha value is -2.21. The van der Waals surface area contributed by atoms with Crippen LogP contribution in [-0.2, 0) is 6.42 Å². The summed E-state index contributed by atoms with van der Waals surface area (Å²) in [6.07, 6.45) is 5.34. The van der Waals surface area contributed by atoms with Crippen LogP contribution in [0.3, 0.4) is 0 Å². The number of rotatable bonds is 4. The summed E-state index contributed by atoms with van der Waals surface area (Å²) in [5, 5.41) is 2.88. The predicted octanol–water partition coefficient (Wildman–Crippen LogP) is 4.31. The monoisotopic (exact) mass is 386 g/mol. The first-order valence-electron chi connectivity index (χ1n) is 7.90. The van der Waals surface area contributed by atoms with E-state index >= 15 is 0 Å². The fourth-order valence-corrected chi connectivity index (χ4v) is 3.29. The number of carbonyl (C=O) groups excluding carboxylic acids is 1. The van der Waals surface area contributed by atoms with Gasteiger partial charge in [0.05, 0.1) is 10.2 Å². The van der Waals surface area contributed by atoms with Crippen LogP contribution in [-0.4, -0.2) is 20.3 Å². The topological polar surface area (TPSA) is 59.3 Å². The summed E-state index contributed by atoms with van der Waals surface area (Å²) in [5.74, 6) is 0.342. The number of pyridine rings is 2. The molecule has 0 aliphatic heterocycles. The first-order chi connectivity index (χ1) is 11.5. The SMILES string of the molecule is CCCc1nc2c(Br)cc(C)cn2c1C(=O)Nc1ccc(C)cn1. The van der Waals surface area contributed by atoms with Gasteiger partial charge in [0.25, 0.3) is 5.91 Å². The zero-order chi connectivity index (χ0) is 17.3. The quantitative estimate of drug-likeness (QED) is 0.726. The lowest BCUT2D eigenvalue weighted by molar-refractivity contribution is 0.102. The van der Waals surface area contributed by atoms with Gasteiger partial charge < -0.3 is 5.32 Å². The van der Waals surface area contributed by atoms with Crippen molar-refractivity contribution in [3.63, 3.8) is 0 Å². The molecule has 0 saturated heterocycles. The number of nitrogens with zero attached hydrogens (tertiary/aromatic N) is 3. The first-order valence-corrected chi connectivity index (χ1v) is 8.70. The molecule has 0 atom stereocenters. The second-order valence-corrected chi connectivity index (χ2v) is 6.75. The van der Waals surface area contributed by atoms with E-state index in [0.717, 1.165) is 39.8 Å². The van der Waals surface area contributed by atoms with Crippen molar-refractivity contribution in [2.75, 3.05) is 5.32 Å². The van der Waals surface area contributed by atoms with Gasteiger partial charge in [0.2, 0.25) is 0 Å². The largest absolute Gasteiger partial charge is 0.305 e.